The number of benzene rings is 1. The number of furan rings is 1. The van der Waals surface area contributed by atoms with Crippen molar-refractivity contribution < 1.29 is 4.42 Å². The molecule has 0 spiro atoms. The van der Waals surface area contributed by atoms with Gasteiger partial charge in [0.1, 0.15) is 5.76 Å². The molecule has 0 amide bonds. The van der Waals surface area contributed by atoms with Crippen molar-refractivity contribution in [3.05, 3.63) is 77.5 Å². The molecule has 1 fully saturated rings. The minimum absolute atomic E-state index is 0. The molecule has 0 unspecified atom stereocenters. The number of hydrogen-bond donors (Lipinski definition) is 2. The van der Waals surface area contributed by atoms with Crippen LogP contribution in [-0.2, 0) is 33.0 Å². The predicted molar refractivity (Wildman–Crippen MR) is 147 cm³/mol. The Hall–Kier alpha value is -2.33. The van der Waals surface area contributed by atoms with Gasteiger partial charge in [0.15, 0.2) is 5.96 Å². The third-order valence-electron chi connectivity index (χ3n) is 6.16. The molecule has 1 aromatic carbocycles. The fraction of sp³-hybridized carbons (Fsp3) is 0.462. The quantitative estimate of drug-likeness (QED) is 0.228. The summed E-state index contributed by atoms with van der Waals surface area (Å²) in [4.78, 5) is 7.45. The number of aryl methyl sites for hydroxylation is 2. The highest BCUT2D eigenvalue weighted by Gasteiger charge is 2.20. The fourth-order valence-corrected chi connectivity index (χ4v) is 4.36. The van der Waals surface area contributed by atoms with E-state index in [0.717, 1.165) is 69.3 Å². The van der Waals surface area contributed by atoms with E-state index in [1.807, 2.05) is 23.9 Å². The summed E-state index contributed by atoms with van der Waals surface area (Å²) in [5.41, 5.74) is 3.68. The average molecular weight is 577 g/mol. The van der Waals surface area contributed by atoms with Crippen LogP contribution >= 0.6 is 24.0 Å². The summed E-state index contributed by atoms with van der Waals surface area (Å²) in [7, 11) is 1.97. The first-order valence-electron chi connectivity index (χ1n) is 12.0. The van der Waals surface area contributed by atoms with Gasteiger partial charge in [0.05, 0.1) is 18.5 Å². The molecule has 0 saturated carbocycles. The van der Waals surface area contributed by atoms with Crippen molar-refractivity contribution in [2.24, 2.45) is 12.0 Å². The van der Waals surface area contributed by atoms with Crippen LogP contribution in [0.3, 0.4) is 0 Å². The standard InChI is InChI=1S/C26H36N6O.HI/c1-3-25-22(20-31(2)30-25)18-28-26(27-14-11-24-10-7-17-33-24)29-23-12-15-32(16-13-23)19-21-8-5-4-6-9-21;/h4-10,17,20,23H,3,11-16,18-19H2,1-2H3,(H2,27,28,29);1H. The maximum atomic E-state index is 5.47. The van der Waals surface area contributed by atoms with Gasteiger partial charge in [-0.05, 0) is 37.0 Å². The Balaban J connectivity index is 0.00000324. The molecule has 0 radical (unpaired) electrons. The lowest BCUT2D eigenvalue weighted by atomic mass is 10.0. The molecule has 8 heteroatoms. The minimum Gasteiger partial charge on any atom is -0.469 e. The van der Waals surface area contributed by atoms with Crippen LogP contribution in [0.5, 0.6) is 0 Å². The Kier molecular flexibility index (Phi) is 10.5. The van der Waals surface area contributed by atoms with E-state index in [9.17, 15) is 0 Å². The Morgan fingerprint density at radius 2 is 1.94 bits per heavy atom. The summed E-state index contributed by atoms with van der Waals surface area (Å²) < 4.78 is 7.35. The summed E-state index contributed by atoms with van der Waals surface area (Å²) >= 11 is 0. The average Bonchev–Trinajstić information content (AvgIpc) is 3.48. The van der Waals surface area contributed by atoms with Crippen LogP contribution in [0.15, 0.2) is 64.3 Å². The lowest BCUT2D eigenvalue weighted by Crippen LogP contribution is -2.48. The lowest BCUT2D eigenvalue weighted by Gasteiger charge is -2.33. The Bertz CT molecular complexity index is 994. The number of halogens is 1. The Morgan fingerprint density at radius 3 is 2.65 bits per heavy atom. The molecule has 2 N–H and O–H groups in total. The zero-order chi connectivity index (χ0) is 22.9. The molecular formula is C26H37IN6O. The van der Waals surface area contributed by atoms with Gasteiger partial charge in [-0.25, -0.2) is 4.99 Å². The van der Waals surface area contributed by atoms with Crippen molar-refractivity contribution in [3.8, 4) is 0 Å². The van der Waals surface area contributed by atoms with Gasteiger partial charge in [-0.1, -0.05) is 37.3 Å². The molecule has 3 heterocycles. The van der Waals surface area contributed by atoms with E-state index >= 15 is 0 Å². The summed E-state index contributed by atoms with van der Waals surface area (Å²) in [6.45, 7) is 6.75. The molecule has 0 bridgehead atoms. The van der Waals surface area contributed by atoms with Crippen LogP contribution in [0.1, 0.15) is 42.3 Å². The molecule has 0 aliphatic carbocycles. The number of hydrogen-bond acceptors (Lipinski definition) is 4. The lowest BCUT2D eigenvalue weighted by molar-refractivity contribution is 0.198. The van der Waals surface area contributed by atoms with E-state index < -0.39 is 0 Å². The first-order valence-corrected chi connectivity index (χ1v) is 12.0. The second kappa shape index (κ2) is 13.5. The predicted octanol–water partition coefficient (Wildman–Crippen LogP) is 4.14. The van der Waals surface area contributed by atoms with Crippen molar-refractivity contribution in [2.75, 3.05) is 19.6 Å². The maximum absolute atomic E-state index is 5.47. The van der Waals surface area contributed by atoms with Crippen LogP contribution in [0.25, 0.3) is 0 Å². The van der Waals surface area contributed by atoms with Gasteiger partial charge in [-0.15, -0.1) is 24.0 Å². The number of likely N-dealkylation sites (tertiary alicyclic amines) is 1. The van der Waals surface area contributed by atoms with Gasteiger partial charge in [-0.2, -0.15) is 5.10 Å². The second-order valence-electron chi connectivity index (χ2n) is 8.73. The SMILES string of the molecule is CCc1nn(C)cc1CN=C(NCCc1ccco1)NC1CCN(Cc2ccccc2)CC1.I. The Labute approximate surface area is 220 Å². The zero-order valence-corrected chi connectivity index (χ0v) is 22.6. The van der Waals surface area contributed by atoms with Gasteiger partial charge >= 0.3 is 0 Å². The molecule has 2 aromatic heterocycles. The van der Waals surface area contributed by atoms with E-state index in [2.05, 4.69) is 64.1 Å². The number of aromatic nitrogens is 2. The molecule has 4 rings (SSSR count). The number of guanidine groups is 1. The van der Waals surface area contributed by atoms with Gasteiger partial charge in [0.25, 0.3) is 0 Å². The van der Waals surface area contributed by atoms with Crippen molar-refractivity contribution >= 4 is 29.9 Å². The molecule has 1 saturated heterocycles. The van der Waals surface area contributed by atoms with Crippen LogP contribution in [-0.4, -0.2) is 46.3 Å². The van der Waals surface area contributed by atoms with Crippen molar-refractivity contribution in [1.29, 1.82) is 0 Å². The number of rotatable bonds is 9. The monoisotopic (exact) mass is 576 g/mol. The second-order valence-corrected chi connectivity index (χ2v) is 8.73. The first-order chi connectivity index (χ1) is 16.2. The minimum atomic E-state index is 0. The van der Waals surface area contributed by atoms with Gasteiger partial charge in [0, 0.05) is 57.4 Å². The number of piperidine rings is 1. The zero-order valence-electron chi connectivity index (χ0n) is 20.2. The van der Waals surface area contributed by atoms with E-state index in [1.54, 1.807) is 6.26 Å². The molecule has 34 heavy (non-hydrogen) atoms. The molecular weight excluding hydrogens is 539 g/mol. The summed E-state index contributed by atoms with van der Waals surface area (Å²) in [6.07, 6.45) is 7.76. The van der Waals surface area contributed by atoms with E-state index in [0.29, 0.717) is 12.6 Å². The molecule has 7 nitrogen and oxygen atoms in total. The van der Waals surface area contributed by atoms with Gasteiger partial charge < -0.3 is 15.1 Å². The number of nitrogens with one attached hydrogen (secondary N) is 2. The van der Waals surface area contributed by atoms with Gasteiger partial charge in [0.2, 0.25) is 0 Å². The smallest absolute Gasteiger partial charge is 0.191 e. The highest BCUT2D eigenvalue weighted by molar-refractivity contribution is 14.0. The van der Waals surface area contributed by atoms with Crippen LogP contribution in [0, 0.1) is 0 Å². The normalized spacial score (nSPS) is 15.2. The largest absolute Gasteiger partial charge is 0.469 e. The fourth-order valence-electron chi connectivity index (χ4n) is 4.36. The highest BCUT2D eigenvalue weighted by Crippen LogP contribution is 2.14. The van der Waals surface area contributed by atoms with Crippen LogP contribution in [0.2, 0.25) is 0 Å². The highest BCUT2D eigenvalue weighted by atomic mass is 127. The van der Waals surface area contributed by atoms with Crippen molar-refractivity contribution in [1.82, 2.24) is 25.3 Å². The molecule has 1 aliphatic heterocycles. The van der Waals surface area contributed by atoms with Crippen molar-refractivity contribution in [3.63, 3.8) is 0 Å². The third kappa shape index (κ3) is 7.87. The topological polar surface area (TPSA) is 70.6 Å². The van der Waals surface area contributed by atoms with E-state index in [4.69, 9.17) is 9.41 Å². The number of aliphatic imine (C=N–C) groups is 1. The maximum Gasteiger partial charge on any atom is 0.191 e. The number of nitrogens with zero attached hydrogens (tertiary/aromatic N) is 4. The summed E-state index contributed by atoms with van der Waals surface area (Å²) in [5, 5.41) is 11.7. The third-order valence-corrected chi connectivity index (χ3v) is 6.16. The molecule has 3 aromatic rings. The van der Waals surface area contributed by atoms with Crippen molar-refractivity contribution in [2.45, 2.75) is 51.7 Å². The summed E-state index contributed by atoms with van der Waals surface area (Å²) in [5.74, 6) is 1.85. The van der Waals surface area contributed by atoms with Gasteiger partial charge in [-0.3, -0.25) is 9.58 Å². The van der Waals surface area contributed by atoms with E-state index in [1.165, 1.54) is 11.1 Å². The molecule has 0 atom stereocenters. The van der Waals surface area contributed by atoms with Crippen LogP contribution in [0.4, 0.5) is 0 Å². The summed E-state index contributed by atoms with van der Waals surface area (Å²) in [6, 6.07) is 15.1. The van der Waals surface area contributed by atoms with Crippen LogP contribution < -0.4 is 10.6 Å². The van der Waals surface area contributed by atoms with E-state index in [-0.39, 0.29) is 24.0 Å². The Morgan fingerprint density at radius 1 is 1.15 bits per heavy atom. The molecule has 1 aliphatic rings. The first kappa shape index (κ1) is 26.3. The molecule has 184 valence electrons.